The highest BCUT2D eigenvalue weighted by Gasteiger charge is 2.16. The van der Waals surface area contributed by atoms with Crippen molar-refractivity contribution in [3.63, 3.8) is 0 Å². The Balaban J connectivity index is 4.02. The average molecular weight is 246 g/mol. The fourth-order valence-corrected chi connectivity index (χ4v) is 1.32. The van der Waals surface area contributed by atoms with Crippen LogP contribution in [-0.4, -0.2) is 52.9 Å². The second-order valence-electron chi connectivity index (χ2n) is 4.27. The number of urea groups is 1. The number of nitrogens with zero attached hydrogens (tertiary/aromatic N) is 1. The van der Waals surface area contributed by atoms with Gasteiger partial charge in [0.1, 0.15) is 0 Å². The molecule has 0 saturated carbocycles. The summed E-state index contributed by atoms with van der Waals surface area (Å²) in [6, 6.07) is -0.273. The number of carboxylic acids is 1. The standard InChI is InChI=1S/C11H22N2O4/c1-8(2)13(6-7-14)11(17)12-5-4-9(3)10(15)16/h8-9,14H,4-7H2,1-3H3,(H,12,17)(H,15,16). The number of carbonyl (C=O) groups is 2. The van der Waals surface area contributed by atoms with E-state index >= 15 is 0 Å². The predicted molar refractivity (Wildman–Crippen MR) is 63.7 cm³/mol. The first-order valence-electron chi connectivity index (χ1n) is 5.78. The van der Waals surface area contributed by atoms with Crippen molar-refractivity contribution in [1.29, 1.82) is 0 Å². The third-order valence-electron chi connectivity index (χ3n) is 2.50. The van der Waals surface area contributed by atoms with Crippen LogP contribution in [0.1, 0.15) is 27.2 Å². The van der Waals surface area contributed by atoms with Gasteiger partial charge in [0.25, 0.3) is 0 Å². The number of aliphatic carboxylic acids is 1. The van der Waals surface area contributed by atoms with Crippen LogP contribution in [0.2, 0.25) is 0 Å². The van der Waals surface area contributed by atoms with Gasteiger partial charge in [-0.3, -0.25) is 4.79 Å². The highest BCUT2D eigenvalue weighted by molar-refractivity contribution is 5.74. The lowest BCUT2D eigenvalue weighted by atomic mass is 10.1. The third-order valence-corrected chi connectivity index (χ3v) is 2.50. The van der Waals surface area contributed by atoms with Crippen LogP contribution in [0, 0.1) is 5.92 Å². The van der Waals surface area contributed by atoms with E-state index in [1.54, 1.807) is 6.92 Å². The van der Waals surface area contributed by atoms with Crippen molar-refractivity contribution in [2.45, 2.75) is 33.2 Å². The number of carbonyl (C=O) groups excluding carboxylic acids is 1. The van der Waals surface area contributed by atoms with Gasteiger partial charge in [0.2, 0.25) is 0 Å². The average Bonchev–Trinajstić information content (AvgIpc) is 2.24. The fraction of sp³-hybridized carbons (Fsp3) is 0.818. The van der Waals surface area contributed by atoms with Gasteiger partial charge in [0.05, 0.1) is 12.5 Å². The number of aliphatic hydroxyl groups is 1. The largest absolute Gasteiger partial charge is 0.481 e. The Hall–Kier alpha value is -1.30. The Kier molecular flexibility index (Phi) is 7.29. The van der Waals surface area contributed by atoms with Crippen molar-refractivity contribution in [2.24, 2.45) is 5.92 Å². The summed E-state index contributed by atoms with van der Waals surface area (Å²) >= 11 is 0. The molecule has 0 fully saturated rings. The van der Waals surface area contributed by atoms with E-state index in [1.807, 2.05) is 13.8 Å². The molecule has 0 saturated heterocycles. The van der Waals surface area contributed by atoms with Crippen molar-refractivity contribution in [3.05, 3.63) is 0 Å². The maximum absolute atomic E-state index is 11.7. The molecule has 0 aliphatic heterocycles. The Morgan fingerprint density at radius 3 is 2.29 bits per heavy atom. The van der Waals surface area contributed by atoms with E-state index in [2.05, 4.69) is 5.32 Å². The fourth-order valence-electron chi connectivity index (χ4n) is 1.32. The van der Waals surface area contributed by atoms with Gasteiger partial charge in [-0.25, -0.2) is 4.79 Å². The summed E-state index contributed by atoms with van der Waals surface area (Å²) in [5.41, 5.74) is 0. The molecule has 0 rings (SSSR count). The summed E-state index contributed by atoms with van der Waals surface area (Å²) in [6.45, 7) is 5.82. The van der Waals surface area contributed by atoms with E-state index in [0.717, 1.165) is 0 Å². The van der Waals surface area contributed by atoms with Gasteiger partial charge in [-0.1, -0.05) is 6.92 Å². The zero-order valence-electron chi connectivity index (χ0n) is 10.6. The molecule has 6 heteroatoms. The molecule has 0 radical (unpaired) electrons. The summed E-state index contributed by atoms with van der Waals surface area (Å²) in [4.78, 5) is 23.8. The predicted octanol–water partition coefficient (Wildman–Crippen LogP) is 0.509. The Bertz CT molecular complexity index is 256. The molecule has 17 heavy (non-hydrogen) atoms. The van der Waals surface area contributed by atoms with Gasteiger partial charge < -0.3 is 20.4 Å². The molecule has 100 valence electrons. The molecular formula is C11H22N2O4. The Labute approximate surface area is 102 Å². The highest BCUT2D eigenvalue weighted by Crippen LogP contribution is 2.01. The van der Waals surface area contributed by atoms with Gasteiger partial charge in [-0.2, -0.15) is 0 Å². The van der Waals surface area contributed by atoms with Gasteiger partial charge in [-0.05, 0) is 20.3 Å². The van der Waals surface area contributed by atoms with Gasteiger partial charge in [0, 0.05) is 19.1 Å². The minimum Gasteiger partial charge on any atom is -0.481 e. The topological polar surface area (TPSA) is 89.9 Å². The van der Waals surface area contributed by atoms with Crippen molar-refractivity contribution >= 4 is 12.0 Å². The number of rotatable bonds is 7. The minimum atomic E-state index is -0.865. The van der Waals surface area contributed by atoms with Crippen molar-refractivity contribution in [3.8, 4) is 0 Å². The van der Waals surface area contributed by atoms with Gasteiger partial charge in [-0.15, -0.1) is 0 Å². The molecule has 0 aromatic rings. The van der Waals surface area contributed by atoms with E-state index in [1.165, 1.54) is 4.90 Å². The quantitative estimate of drug-likeness (QED) is 0.610. The van der Waals surface area contributed by atoms with Crippen LogP contribution < -0.4 is 5.32 Å². The van der Waals surface area contributed by atoms with E-state index in [4.69, 9.17) is 10.2 Å². The molecule has 0 bridgehead atoms. The third kappa shape index (κ3) is 6.11. The summed E-state index contributed by atoms with van der Waals surface area (Å²) in [6.07, 6.45) is 0.395. The molecule has 0 spiro atoms. The second-order valence-corrected chi connectivity index (χ2v) is 4.27. The number of aliphatic hydroxyl groups excluding tert-OH is 1. The first-order chi connectivity index (χ1) is 7.90. The van der Waals surface area contributed by atoms with E-state index in [9.17, 15) is 9.59 Å². The van der Waals surface area contributed by atoms with Crippen molar-refractivity contribution < 1.29 is 19.8 Å². The van der Waals surface area contributed by atoms with Gasteiger partial charge in [0.15, 0.2) is 0 Å². The lowest BCUT2D eigenvalue weighted by molar-refractivity contribution is -0.141. The van der Waals surface area contributed by atoms with E-state index < -0.39 is 11.9 Å². The number of carboxylic acid groups (broad SMARTS) is 1. The number of hydrogen-bond acceptors (Lipinski definition) is 3. The molecule has 1 unspecified atom stereocenters. The highest BCUT2D eigenvalue weighted by atomic mass is 16.4. The van der Waals surface area contributed by atoms with Crippen LogP contribution in [0.5, 0.6) is 0 Å². The Morgan fingerprint density at radius 2 is 1.88 bits per heavy atom. The Morgan fingerprint density at radius 1 is 1.29 bits per heavy atom. The molecule has 0 aromatic carbocycles. The SMILES string of the molecule is CC(CCNC(=O)N(CCO)C(C)C)C(=O)O. The smallest absolute Gasteiger partial charge is 0.317 e. The van der Waals surface area contributed by atoms with Crippen molar-refractivity contribution in [1.82, 2.24) is 10.2 Å². The summed E-state index contributed by atoms with van der Waals surface area (Å²) < 4.78 is 0. The zero-order valence-corrected chi connectivity index (χ0v) is 10.6. The summed E-state index contributed by atoms with van der Waals surface area (Å²) in [7, 11) is 0. The first-order valence-corrected chi connectivity index (χ1v) is 5.78. The molecule has 6 nitrogen and oxygen atoms in total. The normalized spacial score (nSPS) is 12.3. The maximum Gasteiger partial charge on any atom is 0.317 e. The first kappa shape index (κ1) is 15.7. The molecule has 0 aliphatic rings. The number of hydrogen-bond donors (Lipinski definition) is 3. The molecular weight excluding hydrogens is 224 g/mol. The van der Waals surface area contributed by atoms with Crippen LogP contribution in [-0.2, 0) is 4.79 Å². The second kappa shape index (κ2) is 7.89. The van der Waals surface area contributed by atoms with Crippen LogP contribution in [0.15, 0.2) is 0 Å². The van der Waals surface area contributed by atoms with Crippen LogP contribution in [0.3, 0.4) is 0 Å². The number of nitrogens with one attached hydrogen (secondary N) is 1. The van der Waals surface area contributed by atoms with Crippen molar-refractivity contribution in [2.75, 3.05) is 19.7 Å². The van der Waals surface area contributed by atoms with Crippen LogP contribution >= 0.6 is 0 Å². The summed E-state index contributed by atoms with van der Waals surface area (Å²) in [5, 5.41) is 20.1. The lowest BCUT2D eigenvalue weighted by Crippen LogP contribution is -2.45. The molecule has 0 aromatic heterocycles. The maximum atomic E-state index is 11.7. The number of amides is 2. The zero-order chi connectivity index (χ0) is 13.4. The monoisotopic (exact) mass is 246 g/mol. The molecule has 0 heterocycles. The molecule has 1 atom stereocenters. The molecule has 0 aliphatic carbocycles. The molecule has 3 N–H and O–H groups in total. The minimum absolute atomic E-state index is 0.000882. The van der Waals surface area contributed by atoms with Crippen LogP contribution in [0.25, 0.3) is 0 Å². The molecule has 2 amide bonds. The van der Waals surface area contributed by atoms with E-state index in [-0.39, 0.29) is 25.2 Å². The lowest BCUT2D eigenvalue weighted by Gasteiger charge is -2.26. The van der Waals surface area contributed by atoms with Crippen LogP contribution in [0.4, 0.5) is 4.79 Å². The van der Waals surface area contributed by atoms with E-state index in [0.29, 0.717) is 13.0 Å². The summed E-state index contributed by atoms with van der Waals surface area (Å²) in [5.74, 6) is -1.34. The van der Waals surface area contributed by atoms with Gasteiger partial charge >= 0.3 is 12.0 Å².